The molecule has 2 aromatic carbocycles. The second kappa shape index (κ2) is 7.79. The lowest BCUT2D eigenvalue weighted by atomic mass is 10.1. The van der Waals surface area contributed by atoms with Gasteiger partial charge in [-0.05, 0) is 30.2 Å². The molecule has 1 unspecified atom stereocenters. The summed E-state index contributed by atoms with van der Waals surface area (Å²) in [6.07, 6.45) is 0. The van der Waals surface area contributed by atoms with Crippen LogP contribution in [0.3, 0.4) is 0 Å². The van der Waals surface area contributed by atoms with Gasteiger partial charge in [0.2, 0.25) is 0 Å². The minimum atomic E-state index is -0.454. The highest BCUT2D eigenvalue weighted by atomic mass is 35.5. The van der Waals surface area contributed by atoms with E-state index in [1.807, 2.05) is 12.1 Å². The summed E-state index contributed by atoms with van der Waals surface area (Å²) >= 11 is 5.84. The second-order valence-corrected chi connectivity index (χ2v) is 5.94. The van der Waals surface area contributed by atoms with Crippen LogP contribution in [0.2, 0.25) is 5.02 Å². The van der Waals surface area contributed by atoms with Gasteiger partial charge in [0.1, 0.15) is 0 Å². The van der Waals surface area contributed by atoms with E-state index in [0.29, 0.717) is 17.1 Å². The van der Waals surface area contributed by atoms with Crippen LogP contribution in [0.25, 0.3) is 0 Å². The maximum atomic E-state index is 12.3. The molecule has 1 atom stereocenters. The molecule has 2 rings (SSSR count). The number of nitrogens with zero attached hydrogens (tertiary/aromatic N) is 2. The first kappa shape index (κ1) is 17.7. The third-order valence-electron chi connectivity index (χ3n) is 3.60. The first-order chi connectivity index (χ1) is 11.4. The first-order valence-electron chi connectivity index (χ1n) is 7.37. The minimum absolute atomic E-state index is 0.00289. The number of hydrogen-bond donors (Lipinski definition) is 1. The van der Waals surface area contributed by atoms with Gasteiger partial charge in [-0.15, -0.1) is 0 Å². The monoisotopic (exact) mass is 347 g/mol. The summed E-state index contributed by atoms with van der Waals surface area (Å²) in [5.74, 6) is 0. The number of hydrogen-bond acceptors (Lipinski definition) is 3. The van der Waals surface area contributed by atoms with Gasteiger partial charge < -0.3 is 10.2 Å². The molecule has 0 spiro atoms. The molecule has 24 heavy (non-hydrogen) atoms. The number of carbonyl (C=O) groups is 1. The van der Waals surface area contributed by atoms with Gasteiger partial charge in [-0.3, -0.25) is 10.1 Å². The molecule has 7 heteroatoms. The highest BCUT2D eigenvalue weighted by Gasteiger charge is 2.15. The van der Waals surface area contributed by atoms with Crippen LogP contribution in [0.15, 0.2) is 48.5 Å². The van der Waals surface area contributed by atoms with Crippen LogP contribution in [0.1, 0.15) is 24.1 Å². The Labute approximate surface area is 145 Å². The highest BCUT2D eigenvalue weighted by molar-refractivity contribution is 6.30. The normalized spacial score (nSPS) is 11.6. The summed E-state index contributed by atoms with van der Waals surface area (Å²) in [6.45, 7) is 2.22. The lowest BCUT2D eigenvalue weighted by Crippen LogP contribution is -2.38. The lowest BCUT2D eigenvalue weighted by molar-refractivity contribution is -0.384. The van der Waals surface area contributed by atoms with Gasteiger partial charge in [-0.25, -0.2) is 4.79 Å². The topological polar surface area (TPSA) is 75.5 Å². The average Bonchev–Trinajstić information content (AvgIpc) is 2.56. The molecule has 6 nitrogen and oxygen atoms in total. The molecule has 0 bridgehead atoms. The number of urea groups is 1. The SMILES string of the molecule is CC(NC(=O)N(C)Cc1ccc(Cl)cc1)c1cccc([N+](=O)[O-])c1. The van der Waals surface area contributed by atoms with Crippen molar-refractivity contribution in [1.29, 1.82) is 0 Å². The zero-order valence-corrected chi connectivity index (χ0v) is 14.2. The summed E-state index contributed by atoms with van der Waals surface area (Å²) in [5.41, 5.74) is 1.64. The lowest BCUT2D eigenvalue weighted by Gasteiger charge is -2.21. The number of amides is 2. The predicted molar refractivity (Wildman–Crippen MR) is 93.0 cm³/mol. The maximum absolute atomic E-state index is 12.3. The maximum Gasteiger partial charge on any atom is 0.317 e. The summed E-state index contributed by atoms with van der Waals surface area (Å²) in [4.78, 5) is 24.2. The second-order valence-electron chi connectivity index (χ2n) is 5.51. The van der Waals surface area contributed by atoms with Crippen molar-refractivity contribution in [2.24, 2.45) is 0 Å². The summed E-state index contributed by atoms with van der Waals surface area (Å²) in [5, 5.41) is 14.3. The predicted octanol–water partition coefficient (Wildman–Crippen LogP) is 4.15. The number of halogens is 1. The molecule has 0 fully saturated rings. The Morgan fingerprint density at radius 3 is 2.58 bits per heavy atom. The van der Waals surface area contributed by atoms with Crippen molar-refractivity contribution in [2.75, 3.05) is 7.05 Å². The number of nitro groups is 1. The number of rotatable bonds is 5. The Hall–Kier alpha value is -2.60. The molecule has 0 aliphatic heterocycles. The van der Waals surface area contributed by atoms with E-state index in [1.54, 1.807) is 38.2 Å². The molecule has 2 amide bonds. The van der Waals surface area contributed by atoms with E-state index in [2.05, 4.69) is 5.32 Å². The highest BCUT2D eigenvalue weighted by Crippen LogP contribution is 2.19. The third-order valence-corrected chi connectivity index (χ3v) is 3.85. The Morgan fingerprint density at radius 2 is 1.96 bits per heavy atom. The molecule has 0 aliphatic rings. The van der Waals surface area contributed by atoms with E-state index in [9.17, 15) is 14.9 Å². The van der Waals surface area contributed by atoms with Crippen LogP contribution in [0.5, 0.6) is 0 Å². The molecule has 0 aliphatic carbocycles. The summed E-state index contributed by atoms with van der Waals surface area (Å²) < 4.78 is 0. The van der Waals surface area contributed by atoms with E-state index in [1.165, 1.54) is 17.0 Å². The number of nitrogens with one attached hydrogen (secondary N) is 1. The van der Waals surface area contributed by atoms with Crippen molar-refractivity contribution in [1.82, 2.24) is 10.2 Å². The number of benzene rings is 2. The van der Waals surface area contributed by atoms with Crippen LogP contribution in [0, 0.1) is 10.1 Å². The Balaban J connectivity index is 1.98. The number of carbonyl (C=O) groups excluding carboxylic acids is 1. The smallest absolute Gasteiger partial charge is 0.317 e. The molecular formula is C17H18ClN3O3. The Kier molecular flexibility index (Phi) is 5.76. The molecule has 0 heterocycles. The molecular weight excluding hydrogens is 330 g/mol. The van der Waals surface area contributed by atoms with E-state index in [-0.39, 0.29) is 17.8 Å². The van der Waals surface area contributed by atoms with Gasteiger partial charge in [0, 0.05) is 30.7 Å². The summed E-state index contributed by atoms with van der Waals surface area (Å²) in [6, 6.07) is 12.9. The van der Waals surface area contributed by atoms with E-state index in [4.69, 9.17) is 11.6 Å². The zero-order valence-electron chi connectivity index (χ0n) is 13.4. The van der Waals surface area contributed by atoms with Crippen LogP contribution < -0.4 is 5.32 Å². The van der Waals surface area contributed by atoms with E-state index < -0.39 is 4.92 Å². The van der Waals surface area contributed by atoms with Gasteiger partial charge in [0.15, 0.2) is 0 Å². The van der Waals surface area contributed by atoms with Crippen molar-refractivity contribution in [3.8, 4) is 0 Å². The van der Waals surface area contributed by atoms with Gasteiger partial charge in [-0.1, -0.05) is 35.9 Å². The molecule has 2 aromatic rings. The quantitative estimate of drug-likeness (QED) is 0.652. The van der Waals surface area contributed by atoms with Crippen molar-refractivity contribution in [2.45, 2.75) is 19.5 Å². The van der Waals surface area contributed by atoms with Crippen molar-refractivity contribution in [3.05, 3.63) is 74.8 Å². The largest absolute Gasteiger partial charge is 0.331 e. The van der Waals surface area contributed by atoms with E-state index >= 15 is 0 Å². The van der Waals surface area contributed by atoms with Crippen LogP contribution >= 0.6 is 11.6 Å². The van der Waals surface area contributed by atoms with Crippen LogP contribution in [-0.4, -0.2) is 22.9 Å². The van der Waals surface area contributed by atoms with Gasteiger partial charge in [0.05, 0.1) is 11.0 Å². The fourth-order valence-corrected chi connectivity index (χ4v) is 2.35. The minimum Gasteiger partial charge on any atom is -0.331 e. The number of non-ortho nitro benzene ring substituents is 1. The molecule has 0 radical (unpaired) electrons. The summed E-state index contributed by atoms with van der Waals surface area (Å²) in [7, 11) is 1.68. The molecule has 1 N–H and O–H groups in total. The third kappa shape index (κ3) is 4.70. The molecule has 126 valence electrons. The Bertz CT molecular complexity index is 734. The average molecular weight is 348 g/mol. The van der Waals surface area contributed by atoms with Crippen LogP contribution in [-0.2, 0) is 6.54 Å². The van der Waals surface area contributed by atoms with E-state index in [0.717, 1.165) is 5.56 Å². The fraction of sp³-hybridized carbons (Fsp3) is 0.235. The fourth-order valence-electron chi connectivity index (χ4n) is 2.22. The van der Waals surface area contributed by atoms with Gasteiger partial charge in [0.25, 0.3) is 5.69 Å². The standard InChI is InChI=1S/C17H18ClN3O3/c1-12(14-4-3-5-16(10-14)21(23)24)19-17(22)20(2)11-13-6-8-15(18)9-7-13/h3-10,12H,11H2,1-2H3,(H,19,22). The molecule has 0 saturated heterocycles. The van der Waals surface area contributed by atoms with Gasteiger partial charge >= 0.3 is 6.03 Å². The zero-order chi connectivity index (χ0) is 17.7. The molecule has 0 aromatic heterocycles. The Morgan fingerprint density at radius 1 is 1.29 bits per heavy atom. The van der Waals surface area contributed by atoms with Crippen molar-refractivity contribution >= 4 is 23.3 Å². The van der Waals surface area contributed by atoms with Crippen LogP contribution in [0.4, 0.5) is 10.5 Å². The molecule has 0 saturated carbocycles. The number of nitro benzene ring substituents is 1. The van der Waals surface area contributed by atoms with Crippen molar-refractivity contribution in [3.63, 3.8) is 0 Å². The van der Waals surface area contributed by atoms with Gasteiger partial charge in [-0.2, -0.15) is 0 Å². The first-order valence-corrected chi connectivity index (χ1v) is 7.75. The van der Waals surface area contributed by atoms with Crippen molar-refractivity contribution < 1.29 is 9.72 Å².